The van der Waals surface area contributed by atoms with E-state index >= 15 is 0 Å². The lowest BCUT2D eigenvalue weighted by atomic mass is 10.1. The van der Waals surface area contributed by atoms with Gasteiger partial charge in [0.2, 0.25) is 0 Å². The van der Waals surface area contributed by atoms with Gasteiger partial charge in [-0.15, -0.1) is 11.3 Å². The molecule has 1 amide bonds. The van der Waals surface area contributed by atoms with Crippen LogP contribution in [0.15, 0.2) is 48.1 Å². The van der Waals surface area contributed by atoms with Gasteiger partial charge in [-0.2, -0.15) is 10.2 Å². The van der Waals surface area contributed by atoms with Crippen molar-refractivity contribution in [3.63, 3.8) is 0 Å². The maximum absolute atomic E-state index is 13.1. The van der Waals surface area contributed by atoms with Gasteiger partial charge in [0.25, 0.3) is 5.91 Å². The molecule has 29 heavy (non-hydrogen) atoms. The van der Waals surface area contributed by atoms with E-state index in [0.29, 0.717) is 18.8 Å². The molecule has 1 aliphatic rings. The quantitative estimate of drug-likeness (QED) is 0.558. The molecule has 0 fully saturated rings. The third-order valence-electron chi connectivity index (χ3n) is 5.08. The van der Waals surface area contributed by atoms with Gasteiger partial charge in [-0.05, 0) is 50.4 Å². The number of aromatic amines is 1. The van der Waals surface area contributed by atoms with Crippen molar-refractivity contribution in [3.05, 3.63) is 65.1 Å². The highest BCUT2D eigenvalue weighted by Gasteiger charge is 2.34. The molecule has 1 N–H and O–H groups in total. The van der Waals surface area contributed by atoms with Crippen LogP contribution in [0.1, 0.15) is 42.5 Å². The molecule has 5 rings (SSSR count). The van der Waals surface area contributed by atoms with E-state index in [-0.39, 0.29) is 11.4 Å². The van der Waals surface area contributed by atoms with Crippen LogP contribution in [0.2, 0.25) is 0 Å². The van der Waals surface area contributed by atoms with Gasteiger partial charge in [0.05, 0.1) is 34.9 Å². The number of fused-ring (bicyclic) bond motifs is 1. The van der Waals surface area contributed by atoms with Gasteiger partial charge in [0.1, 0.15) is 5.82 Å². The first-order valence-corrected chi connectivity index (χ1v) is 10.4. The number of hydrogen-bond donors (Lipinski definition) is 1. The Hall–Kier alpha value is -3.13. The number of amides is 1. The number of hydrogen-bond acceptors (Lipinski definition) is 4. The average Bonchev–Trinajstić information content (AvgIpc) is 3.49. The maximum atomic E-state index is 13.1. The van der Waals surface area contributed by atoms with E-state index in [4.69, 9.17) is 5.10 Å². The highest BCUT2D eigenvalue weighted by molar-refractivity contribution is 7.13. The minimum atomic E-state index is -0.156. The first-order valence-electron chi connectivity index (χ1n) is 9.55. The Labute approximate surface area is 172 Å². The molecule has 4 aromatic heterocycles. The van der Waals surface area contributed by atoms with E-state index < -0.39 is 0 Å². The number of aromatic nitrogens is 5. The van der Waals surface area contributed by atoms with Crippen LogP contribution in [0.3, 0.4) is 0 Å². The molecule has 0 unspecified atom stereocenters. The number of thiophene rings is 1. The van der Waals surface area contributed by atoms with Crippen molar-refractivity contribution in [3.8, 4) is 16.4 Å². The Morgan fingerprint density at radius 1 is 1.17 bits per heavy atom. The van der Waals surface area contributed by atoms with Crippen LogP contribution in [-0.2, 0) is 18.6 Å². The van der Waals surface area contributed by atoms with Crippen molar-refractivity contribution in [2.75, 3.05) is 0 Å². The minimum absolute atomic E-state index is 0.0807. The summed E-state index contributed by atoms with van der Waals surface area (Å²) < 4.78 is 4.14. The Morgan fingerprint density at radius 2 is 1.97 bits per heavy atom. The van der Waals surface area contributed by atoms with Gasteiger partial charge in [-0.25, -0.2) is 4.68 Å². The molecule has 148 valence electrons. The van der Waals surface area contributed by atoms with Gasteiger partial charge in [-0.1, -0.05) is 6.07 Å². The standard InChI is InChI=1S/C21H22N6OS/c1-21(2,3)27-19(25-8-4-5-9-25)14-12-26(13-17(14)24-27)20(28)16-11-15(22-23-16)18-7-6-10-29-18/h4-11H,12-13H2,1-3H3,(H,22,23). The third-order valence-corrected chi connectivity index (χ3v) is 5.99. The fraction of sp³-hybridized carbons (Fsp3) is 0.286. The fourth-order valence-electron chi connectivity index (χ4n) is 3.71. The highest BCUT2D eigenvalue weighted by atomic mass is 32.1. The molecule has 0 spiro atoms. The summed E-state index contributed by atoms with van der Waals surface area (Å²) in [5.74, 6) is 0.942. The third kappa shape index (κ3) is 3.00. The van der Waals surface area contributed by atoms with E-state index in [2.05, 4.69) is 40.2 Å². The van der Waals surface area contributed by atoms with Crippen molar-refractivity contribution in [2.45, 2.75) is 39.4 Å². The summed E-state index contributed by atoms with van der Waals surface area (Å²) in [6.07, 6.45) is 4.04. The summed E-state index contributed by atoms with van der Waals surface area (Å²) in [6, 6.07) is 9.82. The van der Waals surface area contributed by atoms with Gasteiger partial charge < -0.3 is 9.47 Å². The summed E-state index contributed by atoms with van der Waals surface area (Å²) in [6.45, 7) is 7.44. The fourth-order valence-corrected chi connectivity index (χ4v) is 4.40. The normalized spacial score (nSPS) is 13.8. The highest BCUT2D eigenvalue weighted by Crippen LogP contribution is 2.33. The molecule has 5 heterocycles. The number of nitrogens with one attached hydrogen (secondary N) is 1. The summed E-state index contributed by atoms with van der Waals surface area (Å²) >= 11 is 1.62. The molecule has 0 bridgehead atoms. The zero-order chi connectivity index (χ0) is 20.2. The molecule has 0 saturated carbocycles. The van der Waals surface area contributed by atoms with E-state index in [1.54, 1.807) is 11.3 Å². The topological polar surface area (TPSA) is 71.7 Å². The average molecular weight is 407 g/mol. The lowest BCUT2D eigenvalue weighted by Crippen LogP contribution is -2.29. The summed E-state index contributed by atoms with van der Waals surface area (Å²) in [5.41, 5.74) is 3.19. The lowest BCUT2D eigenvalue weighted by molar-refractivity contribution is 0.0742. The van der Waals surface area contributed by atoms with Crippen molar-refractivity contribution in [1.82, 2.24) is 29.4 Å². The smallest absolute Gasteiger partial charge is 0.275 e. The predicted molar refractivity (Wildman–Crippen MR) is 112 cm³/mol. The van der Waals surface area contributed by atoms with Crippen LogP contribution in [0.5, 0.6) is 0 Å². The Balaban J connectivity index is 1.45. The van der Waals surface area contributed by atoms with E-state index in [0.717, 1.165) is 27.6 Å². The van der Waals surface area contributed by atoms with Gasteiger partial charge >= 0.3 is 0 Å². The molecular formula is C21H22N6OS. The monoisotopic (exact) mass is 406 g/mol. The molecular weight excluding hydrogens is 384 g/mol. The molecule has 7 nitrogen and oxygen atoms in total. The molecule has 0 atom stereocenters. The lowest BCUT2D eigenvalue weighted by Gasteiger charge is -2.24. The van der Waals surface area contributed by atoms with E-state index in [1.165, 1.54) is 0 Å². The molecule has 0 aromatic carbocycles. The van der Waals surface area contributed by atoms with Crippen molar-refractivity contribution in [1.29, 1.82) is 0 Å². The van der Waals surface area contributed by atoms with E-state index in [9.17, 15) is 4.79 Å². The Morgan fingerprint density at radius 3 is 2.66 bits per heavy atom. The Kier molecular flexibility index (Phi) is 3.99. The molecule has 0 saturated heterocycles. The van der Waals surface area contributed by atoms with Crippen LogP contribution in [0, 0.1) is 0 Å². The van der Waals surface area contributed by atoms with Crippen LogP contribution in [0.25, 0.3) is 16.4 Å². The van der Waals surface area contributed by atoms with Gasteiger partial charge in [0.15, 0.2) is 5.69 Å². The summed E-state index contributed by atoms with van der Waals surface area (Å²) in [4.78, 5) is 16.0. The zero-order valence-electron chi connectivity index (χ0n) is 16.6. The SMILES string of the molecule is CC(C)(C)n1nc2c(c1-n1cccc1)CN(C(=O)c1cc(-c3cccs3)[nH]n1)C2. The second kappa shape index (κ2) is 6.45. The van der Waals surface area contributed by atoms with Crippen LogP contribution >= 0.6 is 11.3 Å². The summed E-state index contributed by atoms with van der Waals surface area (Å²) in [5, 5.41) is 14.1. The first kappa shape index (κ1) is 17.9. The van der Waals surface area contributed by atoms with Crippen molar-refractivity contribution < 1.29 is 4.79 Å². The van der Waals surface area contributed by atoms with Crippen LogP contribution in [0.4, 0.5) is 0 Å². The van der Waals surface area contributed by atoms with Crippen molar-refractivity contribution >= 4 is 17.2 Å². The molecule has 4 aromatic rings. The van der Waals surface area contributed by atoms with E-state index in [1.807, 2.05) is 53.0 Å². The minimum Gasteiger partial charge on any atom is -0.327 e. The zero-order valence-corrected chi connectivity index (χ0v) is 17.4. The molecule has 1 aliphatic heterocycles. The second-order valence-corrected chi connectivity index (χ2v) is 9.17. The number of H-pyrrole nitrogens is 1. The number of carbonyl (C=O) groups is 1. The van der Waals surface area contributed by atoms with Gasteiger partial charge in [-0.3, -0.25) is 9.89 Å². The number of nitrogens with zero attached hydrogens (tertiary/aromatic N) is 5. The second-order valence-electron chi connectivity index (χ2n) is 8.23. The van der Waals surface area contributed by atoms with Crippen molar-refractivity contribution in [2.24, 2.45) is 0 Å². The predicted octanol–water partition coefficient (Wildman–Crippen LogP) is 4.04. The maximum Gasteiger partial charge on any atom is 0.275 e. The Bertz CT molecular complexity index is 1160. The summed E-state index contributed by atoms with van der Waals surface area (Å²) in [7, 11) is 0. The van der Waals surface area contributed by atoms with Crippen LogP contribution in [-0.4, -0.2) is 35.4 Å². The molecule has 0 radical (unpaired) electrons. The number of carbonyl (C=O) groups excluding carboxylic acids is 1. The first-order chi connectivity index (χ1) is 13.9. The van der Waals surface area contributed by atoms with Gasteiger partial charge in [0, 0.05) is 18.0 Å². The largest absolute Gasteiger partial charge is 0.327 e. The molecule has 8 heteroatoms. The molecule has 0 aliphatic carbocycles. The van der Waals surface area contributed by atoms with Crippen LogP contribution < -0.4 is 0 Å². The number of rotatable bonds is 3.